The second-order valence-corrected chi connectivity index (χ2v) is 4.34. The van der Waals surface area contributed by atoms with Gasteiger partial charge in [-0.1, -0.05) is 0 Å². The Labute approximate surface area is 104 Å². The van der Waals surface area contributed by atoms with Crippen LogP contribution in [0.25, 0.3) is 0 Å². The molecule has 1 heterocycles. The van der Waals surface area contributed by atoms with Crippen molar-refractivity contribution in [2.24, 2.45) is 0 Å². The van der Waals surface area contributed by atoms with Gasteiger partial charge in [0.25, 0.3) is 0 Å². The van der Waals surface area contributed by atoms with E-state index in [0.29, 0.717) is 0 Å². The van der Waals surface area contributed by atoms with Crippen LogP contribution in [0, 0.1) is 6.92 Å². The normalized spacial score (nSPS) is 17.0. The van der Waals surface area contributed by atoms with Gasteiger partial charge in [-0.2, -0.15) is 0 Å². The average Bonchev–Trinajstić information content (AvgIpc) is 2.20. The number of likely N-dealkylation sites (N-methyl/N-ethyl adjacent to an activating group) is 1. The molecule has 1 aliphatic rings. The van der Waals surface area contributed by atoms with Gasteiger partial charge in [0.1, 0.15) is 0 Å². The molecule has 3 nitrogen and oxygen atoms in total. The molecule has 0 aromatic heterocycles. The van der Waals surface area contributed by atoms with Crippen LogP contribution in [0.3, 0.4) is 0 Å². The van der Waals surface area contributed by atoms with Crippen molar-refractivity contribution < 1.29 is 0 Å². The maximum Gasteiger partial charge on any atom is 0.0398 e. The molecule has 0 atom stereocenters. The predicted octanol–water partition coefficient (Wildman–Crippen LogP) is 1.75. The minimum atomic E-state index is 0. The number of benzene rings is 1. The third-order valence-electron chi connectivity index (χ3n) is 3.06. The molecular formula is C12H20ClN3. The van der Waals surface area contributed by atoms with Gasteiger partial charge in [-0.25, -0.2) is 0 Å². The second-order valence-electron chi connectivity index (χ2n) is 4.34. The zero-order valence-corrected chi connectivity index (χ0v) is 10.8. The van der Waals surface area contributed by atoms with Crippen molar-refractivity contribution in [1.82, 2.24) is 4.90 Å². The van der Waals surface area contributed by atoms with Crippen LogP contribution in [0.2, 0.25) is 0 Å². The summed E-state index contributed by atoms with van der Waals surface area (Å²) in [6, 6.07) is 6.17. The number of anilines is 2. The number of piperazine rings is 1. The molecule has 1 aliphatic heterocycles. The van der Waals surface area contributed by atoms with E-state index in [1.165, 1.54) is 11.3 Å². The lowest BCUT2D eigenvalue weighted by Gasteiger charge is -2.35. The number of hydrogen-bond donors (Lipinski definition) is 1. The van der Waals surface area contributed by atoms with Crippen LogP contribution in [0.4, 0.5) is 11.4 Å². The Hall–Kier alpha value is -0.930. The number of halogens is 1. The van der Waals surface area contributed by atoms with Crippen molar-refractivity contribution in [3.8, 4) is 0 Å². The summed E-state index contributed by atoms with van der Waals surface area (Å²) in [4.78, 5) is 4.80. The Morgan fingerprint density at radius 2 is 1.75 bits per heavy atom. The van der Waals surface area contributed by atoms with Gasteiger partial charge < -0.3 is 15.5 Å². The van der Waals surface area contributed by atoms with Gasteiger partial charge >= 0.3 is 0 Å². The highest BCUT2D eigenvalue weighted by atomic mass is 35.5. The molecule has 0 amide bonds. The highest BCUT2D eigenvalue weighted by Crippen LogP contribution is 2.23. The lowest BCUT2D eigenvalue weighted by atomic mass is 10.1. The Morgan fingerprint density at radius 3 is 2.31 bits per heavy atom. The van der Waals surface area contributed by atoms with Crippen molar-refractivity contribution >= 4 is 23.8 Å². The largest absolute Gasteiger partial charge is 0.399 e. The van der Waals surface area contributed by atoms with Crippen molar-refractivity contribution in [2.75, 3.05) is 43.9 Å². The molecule has 1 fully saturated rings. The Kier molecular flexibility index (Phi) is 4.44. The topological polar surface area (TPSA) is 32.5 Å². The van der Waals surface area contributed by atoms with Gasteiger partial charge in [-0.05, 0) is 37.7 Å². The summed E-state index contributed by atoms with van der Waals surface area (Å²) in [5.74, 6) is 0. The Morgan fingerprint density at radius 1 is 1.12 bits per heavy atom. The number of nitrogens with zero attached hydrogens (tertiary/aromatic N) is 2. The molecule has 0 spiro atoms. The molecule has 90 valence electrons. The minimum Gasteiger partial charge on any atom is -0.399 e. The quantitative estimate of drug-likeness (QED) is 0.761. The minimum absolute atomic E-state index is 0. The fourth-order valence-corrected chi connectivity index (χ4v) is 2.08. The predicted molar refractivity (Wildman–Crippen MR) is 72.5 cm³/mol. The maximum absolute atomic E-state index is 5.75. The van der Waals surface area contributed by atoms with E-state index < -0.39 is 0 Å². The number of nitrogen functional groups attached to an aromatic ring is 1. The summed E-state index contributed by atoms with van der Waals surface area (Å²) in [6.45, 7) is 6.64. The van der Waals surface area contributed by atoms with Crippen molar-refractivity contribution in [3.63, 3.8) is 0 Å². The van der Waals surface area contributed by atoms with Crippen LogP contribution in [0.5, 0.6) is 0 Å². The highest BCUT2D eigenvalue weighted by molar-refractivity contribution is 5.85. The van der Waals surface area contributed by atoms with Gasteiger partial charge in [-0.3, -0.25) is 0 Å². The first kappa shape index (κ1) is 13.1. The number of rotatable bonds is 1. The van der Waals surface area contributed by atoms with Crippen molar-refractivity contribution in [3.05, 3.63) is 23.8 Å². The molecule has 2 N–H and O–H groups in total. The maximum atomic E-state index is 5.75. The second kappa shape index (κ2) is 5.41. The van der Waals surface area contributed by atoms with Gasteiger partial charge in [0.2, 0.25) is 0 Å². The third kappa shape index (κ3) is 2.80. The SMILES string of the molecule is Cc1cc(N)ccc1N1CCN(C)CC1.Cl. The standard InChI is InChI=1S/C12H19N3.ClH/c1-10-9-11(13)3-4-12(10)15-7-5-14(2)6-8-15;/h3-4,9H,5-8,13H2,1-2H3;1H. The molecule has 1 aromatic carbocycles. The lowest BCUT2D eigenvalue weighted by Crippen LogP contribution is -2.44. The van der Waals surface area contributed by atoms with E-state index >= 15 is 0 Å². The summed E-state index contributed by atoms with van der Waals surface area (Å²) in [7, 11) is 2.17. The molecule has 4 heteroatoms. The van der Waals surface area contributed by atoms with Crippen LogP contribution in [-0.2, 0) is 0 Å². The zero-order valence-electron chi connectivity index (χ0n) is 9.94. The monoisotopic (exact) mass is 241 g/mol. The summed E-state index contributed by atoms with van der Waals surface area (Å²) >= 11 is 0. The fraction of sp³-hybridized carbons (Fsp3) is 0.500. The van der Waals surface area contributed by atoms with Crippen LogP contribution < -0.4 is 10.6 Å². The van der Waals surface area contributed by atoms with Crippen LogP contribution in [0.15, 0.2) is 18.2 Å². The molecule has 0 bridgehead atoms. The van der Waals surface area contributed by atoms with Crippen molar-refractivity contribution in [2.45, 2.75) is 6.92 Å². The molecule has 1 saturated heterocycles. The summed E-state index contributed by atoms with van der Waals surface area (Å²) in [5.41, 5.74) is 9.21. The van der Waals surface area contributed by atoms with Crippen molar-refractivity contribution in [1.29, 1.82) is 0 Å². The smallest absolute Gasteiger partial charge is 0.0398 e. The van der Waals surface area contributed by atoms with Gasteiger partial charge in [0.15, 0.2) is 0 Å². The van der Waals surface area contributed by atoms with E-state index in [4.69, 9.17) is 5.73 Å². The molecule has 1 aromatic rings. The Balaban J connectivity index is 0.00000128. The zero-order chi connectivity index (χ0) is 10.8. The number of hydrogen-bond acceptors (Lipinski definition) is 3. The van der Waals surface area contributed by atoms with Gasteiger partial charge in [0, 0.05) is 37.6 Å². The molecule has 0 radical (unpaired) electrons. The summed E-state index contributed by atoms with van der Waals surface area (Å²) in [5, 5.41) is 0. The summed E-state index contributed by atoms with van der Waals surface area (Å²) < 4.78 is 0. The molecule has 16 heavy (non-hydrogen) atoms. The number of nitrogens with two attached hydrogens (primary N) is 1. The van der Waals surface area contributed by atoms with Gasteiger partial charge in [0.05, 0.1) is 0 Å². The fourth-order valence-electron chi connectivity index (χ4n) is 2.08. The first-order valence-electron chi connectivity index (χ1n) is 5.46. The molecule has 0 saturated carbocycles. The van der Waals surface area contributed by atoms with E-state index in [9.17, 15) is 0 Å². The summed E-state index contributed by atoms with van der Waals surface area (Å²) in [6.07, 6.45) is 0. The third-order valence-corrected chi connectivity index (χ3v) is 3.06. The van der Waals surface area contributed by atoms with Gasteiger partial charge in [-0.15, -0.1) is 12.4 Å². The van der Waals surface area contributed by atoms with E-state index in [2.05, 4.69) is 29.8 Å². The first-order valence-corrected chi connectivity index (χ1v) is 5.46. The highest BCUT2D eigenvalue weighted by Gasteiger charge is 2.15. The van der Waals surface area contributed by atoms with Crippen LogP contribution in [0.1, 0.15) is 5.56 Å². The van der Waals surface area contributed by atoms with E-state index in [1.54, 1.807) is 0 Å². The molecule has 0 aliphatic carbocycles. The number of aryl methyl sites for hydroxylation is 1. The van der Waals surface area contributed by atoms with Crippen LogP contribution in [-0.4, -0.2) is 38.1 Å². The van der Waals surface area contributed by atoms with E-state index in [1.807, 2.05) is 12.1 Å². The lowest BCUT2D eigenvalue weighted by molar-refractivity contribution is 0.312. The molecule has 0 unspecified atom stereocenters. The van der Waals surface area contributed by atoms with E-state index in [0.717, 1.165) is 31.9 Å². The Bertz CT molecular complexity index is 346. The molecule has 2 rings (SSSR count). The first-order chi connectivity index (χ1) is 7.16. The molecular weight excluding hydrogens is 222 g/mol. The van der Waals surface area contributed by atoms with E-state index in [-0.39, 0.29) is 12.4 Å². The van der Waals surface area contributed by atoms with Crippen LogP contribution >= 0.6 is 12.4 Å². The average molecular weight is 242 g/mol.